The van der Waals surface area contributed by atoms with E-state index in [9.17, 15) is 9.18 Å². The van der Waals surface area contributed by atoms with Gasteiger partial charge in [-0.3, -0.25) is 9.69 Å². The average Bonchev–Trinajstić information content (AvgIpc) is 3.10. The smallest absolute Gasteiger partial charge is 0.255 e. The van der Waals surface area contributed by atoms with Gasteiger partial charge in [0.2, 0.25) is 0 Å². The highest BCUT2D eigenvalue weighted by Gasteiger charge is 2.39. The molecule has 2 aliphatic heterocycles. The maximum absolute atomic E-state index is 14.3. The fourth-order valence-corrected chi connectivity index (χ4v) is 4.69. The highest BCUT2D eigenvalue weighted by molar-refractivity contribution is 6.04. The minimum atomic E-state index is -0.528. The van der Waals surface area contributed by atoms with Crippen LogP contribution in [0.4, 0.5) is 10.1 Å². The summed E-state index contributed by atoms with van der Waals surface area (Å²) in [6.07, 6.45) is 2.24. The van der Waals surface area contributed by atoms with Crippen LogP contribution in [0.5, 0.6) is 5.75 Å². The Balaban J connectivity index is 1.57. The van der Waals surface area contributed by atoms with Crippen molar-refractivity contribution in [2.45, 2.75) is 58.1 Å². The summed E-state index contributed by atoms with van der Waals surface area (Å²) >= 11 is 0. The predicted molar refractivity (Wildman–Crippen MR) is 113 cm³/mol. The molecule has 0 spiro atoms. The lowest BCUT2D eigenvalue weighted by molar-refractivity contribution is 0.102. The summed E-state index contributed by atoms with van der Waals surface area (Å²) in [6, 6.07) is 11.0. The molecule has 0 bridgehead atoms. The van der Waals surface area contributed by atoms with Crippen LogP contribution in [-0.2, 0) is 5.41 Å². The highest BCUT2D eigenvalue weighted by Crippen LogP contribution is 2.45. The Bertz CT molecular complexity index is 938. The third-order valence-electron chi connectivity index (χ3n) is 5.92. The zero-order valence-corrected chi connectivity index (χ0v) is 17.6. The van der Waals surface area contributed by atoms with E-state index in [0.29, 0.717) is 6.04 Å². The number of carbonyl (C=O) groups excluding carboxylic acids is 1. The lowest BCUT2D eigenvalue weighted by Gasteiger charge is -2.42. The topological polar surface area (TPSA) is 41.6 Å². The number of amides is 1. The Hall–Kier alpha value is -2.40. The standard InChI is InChI=1S/C24H29FN2O2/c1-15(2)29-22-10-7-16(12-20(22)25)23(28)26-17-8-9-19-18(13-17)21-6-5-11-27(21)14-24(19,3)4/h7-10,12-13,15,21H,5-6,11,14H2,1-4H3,(H,26,28). The van der Waals surface area contributed by atoms with Crippen molar-refractivity contribution >= 4 is 11.6 Å². The van der Waals surface area contributed by atoms with Crippen LogP contribution in [0.2, 0.25) is 0 Å². The molecular weight excluding hydrogens is 367 g/mol. The summed E-state index contributed by atoms with van der Waals surface area (Å²) in [6.45, 7) is 10.4. The first-order valence-electron chi connectivity index (χ1n) is 10.4. The molecule has 1 fully saturated rings. The number of nitrogens with zero attached hydrogens (tertiary/aromatic N) is 1. The molecule has 1 amide bonds. The number of nitrogens with one attached hydrogen (secondary N) is 1. The van der Waals surface area contributed by atoms with Crippen LogP contribution in [0, 0.1) is 5.82 Å². The fraction of sp³-hybridized carbons (Fsp3) is 0.458. The maximum atomic E-state index is 14.3. The number of ether oxygens (including phenoxy) is 1. The van der Waals surface area contributed by atoms with Crippen molar-refractivity contribution in [1.82, 2.24) is 4.90 Å². The monoisotopic (exact) mass is 396 g/mol. The second-order valence-electron chi connectivity index (χ2n) is 9.08. The van der Waals surface area contributed by atoms with E-state index < -0.39 is 5.82 Å². The zero-order chi connectivity index (χ0) is 20.8. The predicted octanol–water partition coefficient (Wildman–Crippen LogP) is 5.29. The number of anilines is 1. The molecule has 2 heterocycles. The van der Waals surface area contributed by atoms with Gasteiger partial charge >= 0.3 is 0 Å². The summed E-state index contributed by atoms with van der Waals surface area (Å²) in [4.78, 5) is 15.2. The van der Waals surface area contributed by atoms with Crippen molar-refractivity contribution in [3.8, 4) is 5.75 Å². The summed E-state index contributed by atoms with van der Waals surface area (Å²) in [5, 5.41) is 2.94. The molecule has 1 atom stereocenters. The normalized spacial score (nSPS) is 20.3. The first kappa shape index (κ1) is 19.9. The maximum Gasteiger partial charge on any atom is 0.255 e. The number of benzene rings is 2. The third kappa shape index (κ3) is 3.88. The second-order valence-corrected chi connectivity index (χ2v) is 9.08. The van der Waals surface area contributed by atoms with Gasteiger partial charge in [-0.05, 0) is 74.7 Å². The Morgan fingerprint density at radius 3 is 2.76 bits per heavy atom. The van der Waals surface area contributed by atoms with E-state index in [1.54, 1.807) is 6.07 Å². The minimum absolute atomic E-state index is 0.0914. The molecule has 1 N–H and O–H groups in total. The Morgan fingerprint density at radius 2 is 2.03 bits per heavy atom. The van der Waals surface area contributed by atoms with Crippen molar-refractivity contribution < 1.29 is 13.9 Å². The lowest BCUT2D eigenvalue weighted by Crippen LogP contribution is -2.42. The van der Waals surface area contributed by atoms with Gasteiger partial charge in [0.15, 0.2) is 11.6 Å². The quantitative estimate of drug-likeness (QED) is 0.763. The van der Waals surface area contributed by atoms with E-state index in [4.69, 9.17) is 4.74 Å². The molecule has 4 nitrogen and oxygen atoms in total. The van der Waals surface area contributed by atoms with Crippen LogP contribution in [0.15, 0.2) is 36.4 Å². The SMILES string of the molecule is CC(C)Oc1ccc(C(=O)Nc2ccc3c(c2)C2CCCN2CC3(C)C)cc1F. The van der Waals surface area contributed by atoms with Crippen molar-refractivity contribution in [2.24, 2.45) is 0 Å². The summed E-state index contributed by atoms with van der Waals surface area (Å²) < 4.78 is 19.7. The Labute approximate surface area is 172 Å². The minimum Gasteiger partial charge on any atom is -0.488 e. The molecule has 0 aliphatic carbocycles. The first-order chi connectivity index (χ1) is 13.7. The van der Waals surface area contributed by atoms with E-state index in [-0.39, 0.29) is 28.7 Å². The molecule has 4 rings (SSSR count). The summed E-state index contributed by atoms with van der Waals surface area (Å²) in [7, 11) is 0. The van der Waals surface area contributed by atoms with E-state index in [2.05, 4.69) is 36.2 Å². The summed E-state index contributed by atoms with van der Waals surface area (Å²) in [5.41, 5.74) is 3.79. The number of rotatable bonds is 4. The van der Waals surface area contributed by atoms with Gasteiger partial charge in [-0.2, -0.15) is 0 Å². The van der Waals surface area contributed by atoms with Crippen LogP contribution >= 0.6 is 0 Å². The largest absolute Gasteiger partial charge is 0.488 e. The molecular formula is C24H29FN2O2. The molecule has 2 aromatic carbocycles. The van der Waals surface area contributed by atoms with E-state index in [0.717, 1.165) is 25.2 Å². The molecule has 1 unspecified atom stereocenters. The van der Waals surface area contributed by atoms with Gasteiger partial charge in [0.1, 0.15) is 0 Å². The number of fused-ring (bicyclic) bond motifs is 3. The van der Waals surface area contributed by atoms with Gasteiger partial charge in [0, 0.05) is 29.3 Å². The van der Waals surface area contributed by atoms with E-state index in [1.807, 2.05) is 19.9 Å². The Kier molecular flexibility index (Phi) is 5.11. The molecule has 2 aliphatic rings. The number of halogens is 1. The van der Waals surface area contributed by atoms with Crippen LogP contribution < -0.4 is 10.1 Å². The average molecular weight is 397 g/mol. The van der Waals surface area contributed by atoms with Gasteiger partial charge in [0.05, 0.1) is 6.10 Å². The van der Waals surface area contributed by atoms with Crippen LogP contribution in [0.1, 0.15) is 68.1 Å². The van der Waals surface area contributed by atoms with Crippen LogP contribution in [-0.4, -0.2) is 30.0 Å². The molecule has 5 heteroatoms. The molecule has 2 aromatic rings. The van der Waals surface area contributed by atoms with Crippen molar-refractivity contribution in [2.75, 3.05) is 18.4 Å². The molecule has 0 radical (unpaired) electrons. The van der Waals surface area contributed by atoms with Crippen molar-refractivity contribution in [1.29, 1.82) is 0 Å². The number of carbonyl (C=O) groups is 1. The number of hydrogen-bond donors (Lipinski definition) is 1. The van der Waals surface area contributed by atoms with Gasteiger partial charge in [-0.25, -0.2) is 4.39 Å². The zero-order valence-electron chi connectivity index (χ0n) is 17.6. The van der Waals surface area contributed by atoms with Gasteiger partial charge < -0.3 is 10.1 Å². The third-order valence-corrected chi connectivity index (χ3v) is 5.92. The molecule has 1 saturated heterocycles. The molecule has 154 valence electrons. The molecule has 29 heavy (non-hydrogen) atoms. The molecule has 0 aromatic heterocycles. The second kappa shape index (κ2) is 7.45. The highest BCUT2D eigenvalue weighted by atomic mass is 19.1. The van der Waals surface area contributed by atoms with Crippen LogP contribution in [0.25, 0.3) is 0 Å². The van der Waals surface area contributed by atoms with Gasteiger partial charge in [-0.15, -0.1) is 0 Å². The fourth-order valence-electron chi connectivity index (χ4n) is 4.69. The Morgan fingerprint density at radius 1 is 1.24 bits per heavy atom. The lowest BCUT2D eigenvalue weighted by atomic mass is 9.76. The van der Waals surface area contributed by atoms with Gasteiger partial charge in [0.25, 0.3) is 5.91 Å². The number of hydrogen-bond acceptors (Lipinski definition) is 3. The molecule has 0 saturated carbocycles. The van der Waals surface area contributed by atoms with E-state index >= 15 is 0 Å². The first-order valence-corrected chi connectivity index (χ1v) is 10.4. The van der Waals surface area contributed by atoms with Crippen molar-refractivity contribution in [3.05, 3.63) is 58.9 Å². The summed E-state index contributed by atoms with van der Waals surface area (Å²) in [5.74, 6) is -0.688. The van der Waals surface area contributed by atoms with Gasteiger partial charge in [-0.1, -0.05) is 19.9 Å². The van der Waals surface area contributed by atoms with Crippen LogP contribution in [0.3, 0.4) is 0 Å². The van der Waals surface area contributed by atoms with E-state index in [1.165, 1.54) is 29.7 Å². The van der Waals surface area contributed by atoms with Crippen molar-refractivity contribution in [3.63, 3.8) is 0 Å².